The summed E-state index contributed by atoms with van der Waals surface area (Å²) >= 11 is 6.32. The number of anilines is 1. The number of nitrogens with zero attached hydrogens (tertiary/aromatic N) is 1. The Morgan fingerprint density at radius 2 is 1.73 bits per heavy atom. The largest absolute Gasteiger partial charge is 0.507 e. The maximum absolute atomic E-state index is 13.3. The molecular formula is C26H24ClNO5. The van der Waals surface area contributed by atoms with Crippen LogP contribution in [-0.4, -0.2) is 23.9 Å². The molecule has 1 aliphatic rings. The quantitative estimate of drug-likeness (QED) is 0.299. The van der Waals surface area contributed by atoms with E-state index in [1.165, 1.54) is 4.90 Å². The molecule has 1 N–H and O–H groups in total. The van der Waals surface area contributed by atoms with Gasteiger partial charge in [0, 0.05) is 16.3 Å². The molecule has 1 aliphatic heterocycles. The summed E-state index contributed by atoms with van der Waals surface area (Å²) in [5.74, 6) is -0.176. The predicted molar refractivity (Wildman–Crippen MR) is 127 cm³/mol. The molecule has 2 aromatic carbocycles. The fourth-order valence-corrected chi connectivity index (χ4v) is 4.28. The highest BCUT2D eigenvalue weighted by Crippen LogP contribution is 2.44. The number of Topliss-reactive ketones (excluding diaryl/α,β-unsaturated/α-hetero) is 1. The molecule has 4 rings (SSSR count). The van der Waals surface area contributed by atoms with Gasteiger partial charge in [0.15, 0.2) is 0 Å². The lowest BCUT2D eigenvalue weighted by atomic mass is 9.95. The van der Waals surface area contributed by atoms with Crippen molar-refractivity contribution in [2.75, 3.05) is 12.0 Å². The first-order valence-corrected chi connectivity index (χ1v) is 10.8. The van der Waals surface area contributed by atoms with E-state index in [1.807, 2.05) is 13.8 Å². The van der Waals surface area contributed by atoms with Gasteiger partial charge in [-0.05, 0) is 80.8 Å². The zero-order valence-electron chi connectivity index (χ0n) is 19.0. The van der Waals surface area contributed by atoms with Crippen molar-refractivity contribution in [3.63, 3.8) is 0 Å². The fourth-order valence-electron chi connectivity index (χ4n) is 4.11. The van der Waals surface area contributed by atoms with E-state index in [0.717, 1.165) is 11.1 Å². The first kappa shape index (κ1) is 22.7. The third-order valence-electron chi connectivity index (χ3n) is 5.91. The van der Waals surface area contributed by atoms with Crippen LogP contribution in [-0.2, 0) is 9.59 Å². The molecule has 0 spiro atoms. The molecule has 1 fully saturated rings. The van der Waals surface area contributed by atoms with Gasteiger partial charge in [-0.1, -0.05) is 17.7 Å². The average Bonchev–Trinajstić information content (AvgIpc) is 3.32. The molecule has 0 radical (unpaired) electrons. The van der Waals surface area contributed by atoms with Gasteiger partial charge in [0.2, 0.25) is 0 Å². The number of carbonyl (C=O) groups excluding carboxylic acids is 2. The summed E-state index contributed by atoms with van der Waals surface area (Å²) in [5.41, 5.74) is 3.17. The SMILES string of the molecule is COc1cc(C)c(/C(O)=C2\C(=O)C(=O)N(c3ccc(C)c(Cl)c3)C2c2ccc(C)o2)cc1C. The number of aryl methyl sites for hydroxylation is 4. The maximum atomic E-state index is 13.3. The number of ether oxygens (including phenoxy) is 1. The topological polar surface area (TPSA) is 80.0 Å². The molecular weight excluding hydrogens is 442 g/mol. The van der Waals surface area contributed by atoms with Crippen molar-refractivity contribution in [2.24, 2.45) is 0 Å². The Morgan fingerprint density at radius 1 is 1.00 bits per heavy atom. The molecule has 1 unspecified atom stereocenters. The second kappa shape index (κ2) is 8.45. The van der Waals surface area contributed by atoms with Gasteiger partial charge >= 0.3 is 0 Å². The van der Waals surface area contributed by atoms with Crippen LogP contribution in [0, 0.1) is 27.7 Å². The number of aliphatic hydroxyl groups is 1. The lowest BCUT2D eigenvalue weighted by Crippen LogP contribution is -2.29. The van der Waals surface area contributed by atoms with E-state index in [2.05, 4.69) is 0 Å². The number of benzene rings is 2. The Bertz CT molecular complexity index is 1320. The minimum Gasteiger partial charge on any atom is -0.507 e. The first-order valence-electron chi connectivity index (χ1n) is 10.4. The van der Waals surface area contributed by atoms with E-state index in [0.29, 0.717) is 39.1 Å². The third kappa shape index (κ3) is 3.80. The smallest absolute Gasteiger partial charge is 0.300 e. The van der Waals surface area contributed by atoms with Crippen LogP contribution in [0.3, 0.4) is 0 Å². The Kier molecular flexibility index (Phi) is 5.80. The fraction of sp³-hybridized carbons (Fsp3) is 0.231. The van der Waals surface area contributed by atoms with Crippen LogP contribution in [0.5, 0.6) is 5.75 Å². The van der Waals surface area contributed by atoms with Crippen molar-refractivity contribution < 1.29 is 23.8 Å². The number of ketones is 1. The zero-order valence-corrected chi connectivity index (χ0v) is 19.8. The van der Waals surface area contributed by atoms with E-state index >= 15 is 0 Å². The van der Waals surface area contributed by atoms with Gasteiger partial charge in [0.05, 0.1) is 12.7 Å². The number of hydrogen-bond acceptors (Lipinski definition) is 5. The van der Waals surface area contributed by atoms with Crippen LogP contribution in [0.15, 0.2) is 52.5 Å². The number of carbonyl (C=O) groups is 2. The van der Waals surface area contributed by atoms with E-state index in [1.54, 1.807) is 63.4 Å². The molecule has 7 heteroatoms. The monoisotopic (exact) mass is 465 g/mol. The average molecular weight is 466 g/mol. The van der Waals surface area contributed by atoms with Crippen LogP contribution in [0.1, 0.15) is 39.8 Å². The molecule has 0 bridgehead atoms. The molecule has 1 amide bonds. The molecule has 33 heavy (non-hydrogen) atoms. The van der Waals surface area contributed by atoms with Crippen LogP contribution in [0.25, 0.3) is 5.76 Å². The van der Waals surface area contributed by atoms with Gasteiger partial charge in [-0.3, -0.25) is 14.5 Å². The summed E-state index contributed by atoms with van der Waals surface area (Å²) < 4.78 is 11.2. The number of methoxy groups -OCH3 is 1. The number of hydrogen-bond donors (Lipinski definition) is 1. The van der Waals surface area contributed by atoms with Crippen LogP contribution in [0.4, 0.5) is 5.69 Å². The molecule has 170 valence electrons. The molecule has 6 nitrogen and oxygen atoms in total. The van der Waals surface area contributed by atoms with Gasteiger partial charge in [-0.2, -0.15) is 0 Å². The zero-order chi connectivity index (χ0) is 24.0. The predicted octanol–water partition coefficient (Wildman–Crippen LogP) is 5.80. The molecule has 2 heterocycles. The Labute approximate surface area is 197 Å². The van der Waals surface area contributed by atoms with Crippen molar-refractivity contribution in [1.29, 1.82) is 0 Å². The van der Waals surface area contributed by atoms with Crippen LogP contribution in [0.2, 0.25) is 5.02 Å². The summed E-state index contributed by atoms with van der Waals surface area (Å²) in [6.45, 7) is 7.27. The highest BCUT2D eigenvalue weighted by Gasteiger charge is 2.48. The van der Waals surface area contributed by atoms with Crippen molar-refractivity contribution in [3.8, 4) is 5.75 Å². The van der Waals surface area contributed by atoms with Gasteiger partial charge in [0.1, 0.15) is 29.1 Å². The molecule has 0 aliphatic carbocycles. The van der Waals surface area contributed by atoms with Crippen LogP contribution < -0.4 is 9.64 Å². The molecule has 3 aromatic rings. The van der Waals surface area contributed by atoms with E-state index < -0.39 is 17.7 Å². The Balaban J connectivity index is 1.97. The summed E-state index contributed by atoms with van der Waals surface area (Å²) in [6, 6.07) is 11.2. The van der Waals surface area contributed by atoms with Crippen molar-refractivity contribution in [3.05, 3.63) is 86.8 Å². The molecule has 1 saturated heterocycles. The standard InChI is InChI=1S/C26H24ClNO5/c1-13-6-8-17(12-19(13)27)28-23(20-9-7-16(4)33-20)22(25(30)26(28)31)24(29)18-10-15(3)21(32-5)11-14(18)2/h6-12,23,29H,1-5H3/b24-22+. The lowest BCUT2D eigenvalue weighted by molar-refractivity contribution is -0.132. The number of furan rings is 1. The van der Waals surface area contributed by atoms with Crippen molar-refractivity contribution in [2.45, 2.75) is 33.7 Å². The minimum absolute atomic E-state index is 0.0429. The maximum Gasteiger partial charge on any atom is 0.300 e. The summed E-state index contributed by atoms with van der Waals surface area (Å²) in [6.07, 6.45) is 0. The molecule has 0 saturated carbocycles. The van der Waals surface area contributed by atoms with E-state index in [-0.39, 0.29) is 11.3 Å². The van der Waals surface area contributed by atoms with Gasteiger partial charge in [-0.15, -0.1) is 0 Å². The molecule has 1 atom stereocenters. The number of halogens is 1. The number of aliphatic hydroxyl groups excluding tert-OH is 1. The summed E-state index contributed by atoms with van der Waals surface area (Å²) in [7, 11) is 1.57. The highest BCUT2D eigenvalue weighted by molar-refractivity contribution is 6.51. The number of amides is 1. The second-order valence-electron chi connectivity index (χ2n) is 8.19. The highest BCUT2D eigenvalue weighted by atomic mass is 35.5. The second-order valence-corrected chi connectivity index (χ2v) is 8.59. The van der Waals surface area contributed by atoms with Crippen molar-refractivity contribution >= 4 is 34.7 Å². The minimum atomic E-state index is -0.945. The van der Waals surface area contributed by atoms with Gasteiger partial charge in [-0.25, -0.2) is 0 Å². The first-order chi connectivity index (χ1) is 15.6. The van der Waals surface area contributed by atoms with Gasteiger partial charge < -0.3 is 14.3 Å². The summed E-state index contributed by atoms with van der Waals surface area (Å²) in [4.78, 5) is 27.8. The van der Waals surface area contributed by atoms with Gasteiger partial charge in [0.25, 0.3) is 11.7 Å². The normalized spacial score (nSPS) is 17.6. The lowest BCUT2D eigenvalue weighted by Gasteiger charge is -2.24. The van der Waals surface area contributed by atoms with E-state index in [4.69, 9.17) is 20.8 Å². The Hall–Kier alpha value is -3.51. The third-order valence-corrected chi connectivity index (χ3v) is 6.31. The number of rotatable bonds is 4. The molecule has 1 aromatic heterocycles. The Morgan fingerprint density at radius 3 is 2.33 bits per heavy atom. The van der Waals surface area contributed by atoms with Crippen LogP contribution >= 0.6 is 11.6 Å². The van der Waals surface area contributed by atoms with E-state index in [9.17, 15) is 14.7 Å². The van der Waals surface area contributed by atoms with Crippen molar-refractivity contribution in [1.82, 2.24) is 0 Å². The summed E-state index contributed by atoms with van der Waals surface area (Å²) in [5, 5.41) is 11.8.